The van der Waals surface area contributed by atoms with Gasteiger partial charge in [0.2, 0.25) is 0 Å². The molecule has 6 N–H and O–H groups in total. The summed E-state index contributed by atoms with van der Waals surface area (Å²) in [5.41, 5.74) is 6.83. The molecule has 32 heavy (non-hydrogen) atoms. The molecule has 9 nitrogen and oxygen atoms in total. The van der Waals surface area contributed by atoms with Crippen LogP contribution >= 0.6 is 0 Å². The van der Waals surface area contributed by atoms with E-state index in [0.717, 1.165) is 50.7 Å². The summed E-state index contributed by atoms with van der Waals surface area (Å²) in [6.45, 7) is 5.66. The van der Waals surface area contributed by atoms with Crippen molar-refractivity contribution < 1.29 is 34.9 Å². The van der Waals surface area contributed by atoms with Crippen molar-refractivity contribution in [1.29, 1.82) is 0 Å². The van der Waals surface area contributed by atoms with Gasteiger partial charge in [0.05, 0.1) is 17.9 Å². The van der Waals surface area contributed by atoms with Gasteiger partial charge in [-0.15, -0.1) is 0 Å². The molecule has 0 aromatic carbocycles. The maximum Gasteiger partial charge on any atom is 0.414 e. The second-order valence-corrected chi connectivity index (χ2v) is 10.5. The molecule has 4 fully saturated rings. The number of nitrogens with two attached hydrogens (primary N) is 1. The lowest BCUT2D eigenvalue weighted by Gasteiger charge is -2.61. The molecule has 0 radical (unpaired) electrons. The van der Waals surface area contributed by atoms with Gasteiger partial charge in [0, 0.05) is 6.54 Å². The molecule has 4 rings (SSSR count). The highest BCUT2D eigenvalue weighted by Crippen LogP contribution is 2.65. The van der Waals surface area contributed by atoms with E-state index in [2.05, 4.69) is 19.0 Å². The molecule has 0 aromatic heterocycles. The van der Waals surface area contributed by atoms with E-state index in [1.165, 1.54) is 6.42 Å². The van der Waals surface area contributed by atoms with Gasteiger partial charge >= 0.3 is 11.9 Å². The normalized spacial score (nSPS) is 43.8. The third-order valence-electron chi connectivity index (χ3n) is 9.05. The summed E-state index contributed by atoms with van der Waals surface area (Å²) in [4.78, 5) is 23.5. The Morgan fingerprint density at radius 2 is 1.69 bits per heavy atom. The molecule has 0 bridgehead atoms. The number of aliphatic hydroxyl groups is 2. The fourth-order valence-corrected chi connectivity index (χ4v) is 7.35. The van der Waals surface area contributed by atoms with Gasteiger partial charge in [-0.3, -0.25) is 0 Å². The van der Waals surface area contributed by atoms with Gasteiger partial charge in [0.15, 0.2) is 0 Å². The van der Waals surface area contributed by atoms with Crippen LogP contribution in [0.4, 0.5) is 0 Å². The number of rotatable bonds is 3. The predicted octanol–water partition coefficient (Wildman–Crippen LogP) is 1.85. The van der Waals surface area contributed by atoms with E-state index in [-0.39, 0.29) is 29.0 Å². The smallest absolute Gasteiger partial charge is 0.414 e. The average molecular weight is 455 g/mol. The third kappa shape index (κ3) is 4.52. The van der Waals surface area contributed by atoms with Crippen LogP contribution in [0, 0.1) is 34.5 Å². The van der Waals surface area contributed by atoms with Gasteiger partial charge in [0.25, 0.3) is 0 Å². The number of aliphatic hydroxyl groups excluding tert-OH is 2. The summed E-state index contributed by atoms with van der Waals surface area (Å²) in [6.07, 6.45) is 7.81. The Morgan fingerprint density at radius 3 is 2.31 bits per heavy atom. The molecule has 0 heterocycles. The lowest BCUT2D eigenvalue weighted by molar-refractivity contribution is -0.159. The molecule has 4 saturated carbocycles. The van der Waals surface area contributed by atoms with Crippen molar-refractivity contribution in [2.45, 2.75) is 77.4 Å². The van der Waals surface area contributed by atoms with Crippen molar-refractivity contribution in [2.75, 3.05) is 13.2 Å². The van der Waals surface area contributed by atoms with Crippen LogP contribution in [0.15, 0.2) is 5.16 Å². The van der Waals surface area contributed by atoms with E-state index < -0.39 is 11.9 Å². The summed E-state index contributed by atoms with van der Waals surface area (Å²) in [6, 6.07) is 0. The Labute approximate surface area is 189 Å². The Kier molecular flexibility index (Phi) is 7.51. The van der Waals surface area contributed by atoms with Crippen LogP contribution in [0.25, 0.3) is 0 Å². The zero-order valence-corrected chi connectivity index (χ0v) is 19.1. The van der Waals surface area contributed by atoms with Gasteiger partial charge in [-0.2, -0.15) is 0 Å². The topological polar surface area (TPSA) is 163 Å². The molecule has 0 unspecified atom stereocenters. The van der Waals surface area contributed by atoms with Crippen LogP contribution in [0.3, 0.4) is 0 Å². The molecule has 0 amide bonds. The molecule has 4 aliphatic carbocycles. The number of aliphatic carboxylic acids is 2. The number of hydrogen-bond acceptors (Lipinski definition) is 7. The lowest BCUT2D eigenvalue weighted by Crippen LogP contribution is -2.58. The Morgan fingerprint density at radius 1 is 1.03 bits per heavy atom. The van der Waals surface area contributed by atoms with E-state index in [1.54, 1.807) is 0 Å². The van der Waals surface area contributed by atoms with Gasteiger partial charge in [-0.1, -0.05) is 19.0 Å². The molecule has 0 aliphatic heterocycles. The van der Waals surface area contributed by atoms with Crippen molar-refractivity contribution in [2.24, 2.45) is 45.4 Å². The first kappa shape index (κ1) is 24.9. The van der Waals surface area contributed by atoms with Crippen LogP contribution in [0.2, 0.25) is 0 Å². The van der Waals surface area contributed by atoms with Gasteiger partial charge in [0.1, 0.15) is 6.61 Å². The van der Waals surface area contributed by atoms with Gasteiger partial charge < -0.3 is 31.0 Å². The molecule has 0 spiro atoms. The third-order valence-corrected chi connectivity index (χ3v) is 9.05. The van der Waals surface area contributed by atoms with E-state index >= 15 is 0 Å². The second-order valence-electron chi connectivity index (χ2n) is 10.5. The molecule has 8 atom stereocenters. The fourth-order valence-electron chi connectivity index (χ4n) is 7.35. The predicted molar refractivity (Wildman–Crippen MR) is 117 cm³/mol. The number of carboxylic acid groups (broad SMARTS) is 2. The SMILES string of the molecule is C[C@]12CC/C(=N/OCCN)C[C@@H]1[C@@H](O)C[C@@H]1[C@@H]2CC[C@]2(C)[C@@H](O)CC[C@@H]12.O=C(O)C(=O)O. The molecule has 182 valence electrons. The summed E-state index contributed by atoms with van der Waals surface area (Å²) in [5.74, 6) is -1.55. The minimum Gasteiger partial charge on any atom is -0.473 e. The Hall–Kier alpha value is -1.71. The van der Waals surface area contributed by atoms with Crippen molar-refractivity contribution in [3.05, 3.63) is 0 Å². The number of fused-ring (bicyclic) bond motifs is 5. The number of carbonyl (C=O) groups is 2. The highest BCUT2D eigenvalue weighted by molar-refractivity contribution is 6.27. The van der Waals surface area contributed by atoms with Crippen molar-refractivity contribution in [3.63, 3.8) is 0 Å². The number of carboxylic acids is 2. The largest absolute Gasteiger partial charge is 0.473 e. The highest BCUT2D eigenvalue weighted by Gasteiger charge is 2.61. The summed E-state index contributed by atoms with van der Waals surface area (Å²) < 4.78 is 0. The minimum atomic E-state index is -1.82. The second kappa shape index (κ2) is 9.65. The van der Waals surface area contributed by atoms with Crippen molar-refractivity contribution in [1.82, 2.24) is 0 Å². The zero-order chi connectivity index (χ0) is 23.7. The molecular formula is C23H38N2O7. The average Bonchev–Trinajstić information content (AvgIpc) is 3.04. The number of hydrogen-bond donors (Lipinski definition) is 5. The van der Waals surface area contributed by atoms with E-state index in [9.17, 15) is 10.2 Å². The van der Waals surface area contributed by atoms with Crippen LogP contribution in [-0.2, 0) is 14.4 Å². The fraction of sp³-hybridized carbons (Fsp3) is 0.870. The maximum absolute atomic E-state index is 11.1. The number of nitrogens with zero attached hydrogens (tertiary/aromatic N) is 1. The maximum atomic E-state index is 11.1. The van der Waals surface area contributed by atoms with Crippen LogP contribution < -0.4 is 5.73 Å². The minimum absolute atomic E-state index is 0.0709. The summed E-state index contributed by atoms with van der Waals surface area (Å²) in [5, 5.41) is 40.7. The van der Waals surface area contributed by atoms with Crippen molar-refractivity contribution >= 4 is 17.7 Å². The first-order valence-corrected chi connectivity index (χ1v) is 11.7. The van der Waals surface area contributed by atoms with E-state index in [0.29, 0.717) is 30.9 Å². The van der Waals surface area contributed by atoms with Crippen LogP contribution in [-0.4, -0.2) is 63.4 Å². The Bertz CT molecular complexity index is 732. The Balaban J connectivity index is 0.000000427. The first-order chi connectivity index (χ1) is 15.0. The molecular weight excluding hydrogens is 416 g/mol. The summed E-state index contributed by atoms with van der Waals surface area (Å²) in [7, 11) is 0. The van der Waals surface area contributed by atoms with Crippen LogP contribution in [0.5, 0.6) is 0 Å². The molecule has 9 heteroatoms. The van der Waals surface area contributed by atoms with Crippen LogP contribution in [0.1, 0.15) is 65.2 Å². The van der Waals surface area contributed by atoms with E-state index in [4.69, 9.17) is 30.4 Å². The van der Waals surface area contributed by atoms with Gasteiger partial charge in [-0.05, 0) is 85.9 Å². The zero-order valence-electron chi connectivity index (χ0n) is 19.1. The summed E-state index contributed by atoms with van der Waals surface area (Å²) >= 11 is 0. The number of oxime groups is 1. The molecule has 0 aromatic rings. The molecule has 0 saturated heterocycles. The highest BCUT2D eigenvalue weighted by atomic mass is 16.6. The lowest BCUT2D eigenvalue weighted by atomic mass is 9.44. The monoisotopic (exact) mass is 454 g/mol. The quantitative estimate of drug-likeness (QED) is 0.245. The van der Waals surface area contributed by atoms with Crippen molar-refractivity contribution in [3.8, 4) is 0 Å². The van der Waals surface area contributed by atoms with Gasteiger partial charge in [-0.25, -0.2) is 9.59 Å². The van der Waals surface area contributed by atoms with E-state index in [1.807, 2.05) is 0 Å². The molecule has 4 aliphatic rings. The standard InChI is InChI=1S/C21H36N2O3.C2H2O4/c1-20-7-5-13(23-26-10-9-22)11-17(20)18(24)12-14-15-3-4-19(25)21(15,2)8-6-16(14)20;3-1(4)2(5)6/h14-19,24-25H,3-12,22H2,1-2H3;(H,3,4)(H,5,6)/b23-13-;/t14-,15-,16-,17+,18-,19-,20+,21-;/m0./s1. The first-order valence-electron chi connectivity index (χ1n) is 11.7.